The molecule has 0 aliphatic rings. The molecule has 0 atom stereocenters. The van der Waals surface area contributed by atoms with Gasteiger partial charge >= 0.3 is 0 Å². The zero-order chi connectivity index (χ0) is 15.2. The summed E-state index contributed by atoms with van der Waals surface area (Å²) in [4.78, 5) is 14.6. The highest BCUT2D eigenvalue weighted by atomic mass is 19.1. The molecular weight excluding hydrogens is 265 g/mol. The average Bonchev–Trinajstić information content (AvgIpc) is 2.47. The summed E-state index contributed by atoms with van der Waals surface area (Å²) >= 11 is 0. The van der Waals surface area contributed by atoms with Crippen molar-refractivity contribution in [1.82, 2.24) is 4.90 Å². The lowest BCUT2D eigenvalue weighted by molar-refractivity contribution is 0.103. The zero-order valence-electron chi connectivity index (χ0n) is 12.5. The van der Waals surface area contributed by atoms with Crippen LogP contribution in [0.5, 0.6) is 0 Å². The molecule has 2 nitrogen and oxygen atoms in total. The molecule has 0 aliphatic carbocycles. The molecule has 0 spiro atoms. The Bertz CT molecular complexity index is 608. The first-order chi connectivity index (χ1) is 10.1. The number of aryl methyl sites for hydroxylation is 1. The molecule has 0 amide bonds. The lowest BCUT2D eigenvalue weighted by Crippen LogP contribution is -2.14. The van der Waals surface area contributed by atoms with Gasteiger partial charge in [0, 0.05) is 11.1 Å². The standard InChI is InChI=1S/C18H20FNO/c1-20(2)12-6-9-15-13-16(19)10-11-17(15)18(21)14-7-4-3-5-8-14/h3-5,7-8,10-11,13H,6,9,12H2,1-2H3. The highest BCUT2D eigenvalue weighted by molar-refractivity contribution is 6.09. The number of halogens is 1. The van der Waals surface area contributed by atoms with E-state index in [-0.39, 0.29) is 11.6 Å². The van der Waals surface area contributed by atoms with Crippen LogP contribution in [0.4, 0.5) is 4.39 Å². The summed E-state index contributed by atoms with van der Waals surface area (Å²) in [5, 5.41) is 0. The molecular formula is C18H20FNO. The first-order valence-electron chi connectivity index (χ1n) is 7.11. The van der Waals surface area contributed by atoms with Crippen LogP contribution in [0.25, 0.3) is 0 Å². The van der Waals surface area contributed by atoms with Crippen LogP contribution in [-0.2, 0) is 6.42 Å². The van der Waals surface area contributed by atoms with Crippen LogP contribution < -0.4 is 0 Å². The predicted molar refractivity (Wildman–Crippen MR) is 83.1 cm³/mol. The van der Waals surface area contributed by atoms with E-state index < -0.39 is 0 Å². The maximum absolute atomic E-state index is 13.5. The third-order valence-electron chi connectivity index (χ3n) is 3.40. The molecule has 3 heteroatoms. The first kappa shape index (κ1) is 15.4. The lowest BCUT2D eigenvalue weighted by atomic mass is 9.95. The number of benzene rings is 2. The normalized spacial score (nSPS) is 10.9. The van der Waals surface area contributed by atoms with E-state index in [1.165, 1.54) is 12.1 Å². The fourth-order valence-corrected chi connectivity index (χ4v) is 2.32. The summed E-state index contributed by atoms with van der Waals surface area (Å²) in [6.07, 6.45) is 1.59. The first-order valence-corrected chi connectivity index (χ1v) is 7.11. The van der Waals surface area contributed by atoms with E-state index >= 15 is 0 Å². The predicted octanol–water partition coefficient (Wildman–Crippen LogP) is 3.55. The van der Waals surface area contributed by atoms with Crippen molar-refractivity contribution >= 4 is 5.78 Å². The largest absolute Gasteiger partial charge is 0.309 e. The maximum atomic E-state index is 13.5. The molecule has 2 aromatic carbocycles. The third kappa shape index (κ3) is 4.23. The Hall–Kier alpha value is -2.00. The number of ketones is 1. The SMILES string of the molecule is CN(C)CCCc1cc(F)ccc1C(=O)c1ccccc1. The molecule has 0 heterocycles. The monoisotopic (exact) mass is 285 g/mol. The second-order valence-electron chi connectivity index (χ2n) is 5.40. The minimum Gasteiger partial charge on any atom is -0.309 e. The van der Waals surface area contributed by atoms with Gasteiger partial charge in [-0.05, 0) is 57.2 Å². The van der Waals surface area contributed by atoms with E-state index in [2.05, 4.69) is 4.90 Å². The van der Waals surface area contributed by atoms with Crippen LogP contribution in [0.2, 0.25) is 0 Å². The van der Waals surface area contributed by atoms with E-state index in [0.29, 0.717) is 17.5 Å². The summed E-state index contributed by atoms with van der Waals surface area (Å²) in [5.74, 6) is -0.338. The highest BCUT2D eigenvalue weighted by Crippen LogP contribution is 2.18. The van der Waals surface area contributed by atoms with Gasteiger partial charge in [-0.1, -0.05) is 30.3 Å². The molecule has 0 N–H and O–H groups in total. The topological polar surface area (TPSA) is 20.3 Å². The summed E-state index contributed by atoms with van der Waals surface area (Å²) in [5.41, 5.74) is 2.02. The van der Waals surface area contributed by atoms with Gasteiger partial charge in [0.2, 0.25) is 0 Å². The van der Waals surface area contributed by atoms with Crippen LogP contribution in [-0.4, -0.2) is 31.3 Å². The minimum atomic E-state index is -0.292. The molecule has 0 aromatic heterocycles. The van der Waals surface area contributed by atoms with Crippen molar-refractivity contribution < 1.29 is 9.18 Å². The second-order valence-corrected chi connectivity index (χ2v) is 5.40. The Labute approximate surface area is 125 Å². The van der Waals surface area contributed by atoms with Crippen molar-refractivity contribution in [3.05, 3.63) is 71.0 Å². The van der Waals surface area contributed by atoms with E-state index in [1.807, 2.05) is 32.3 Å². The third-order valence-corrected chi connectivity index (χ3v) is 3.40. The minimum absolute atomic E-state index is 0.0459. The molecule has 0 aliphatic heterocycles. The molecule has 21 heavy (non-hydrogen) atoms. The van der Waals surface area contributed by atoms with Crippen molar-refractivity contribution in [3.63, 3.8) is 0 Å². The Morgan fingerprint density at radius 2 is 1.81 bits per heavy atom. The van der Waals surface area contributed by atoms with Gasteiger partial charge in [-0.25, -0.2) is 4.39 Å². The Morgan fingerprint density at radius 1 is 1.10 bits per heavy atom. The number of carbonyl (C=O) groups is 1. The molecule has 0 fully saturated rings. The van der Waals surface area contributed by atoms with E-state index in [9.17, 15) is 9.18 Å². The molecule has 110 valence electrons. The molecule has 0 unspecified atom stereocenters. The fraction of sp³-hybridized carbons (Fsp3) is 0.278. The van der Waals surface area contributed by atoms with Gasteiger partial charge < -0.3 is 4.90 Å². The number of carbonyl (C=O) groups excluding carboxylic acids is 1. The Kier molecular flexibility index (Phi) is 5.23. The quantitative estimate of drug-likeness (QED) is 0.756. The molecule has 0 radical (unpaired) electrons. The van der Waals surface area contributed by atoms with Crippen molar-refractivity contribution in [2.45, 2.75) is 12.8 Å². The van der Waals surface area contributed by atoms with Crippen molar-refractivity contribution in [3.8, 4) is 0 Å². The van der Waals surface area contributed by atoms with Gasteiger partial charge in [0.1, 0.15) is 5.82 Å². The molecule has 2 rings (SSSR count). The van der Waals surface area contributed by atoms with Gasteiger partial charge in [-0.3, -0.25) is 4.79 Å². The van der Waals surface area contributed by atoms with E-state index in [0.717, 1.165) is 18.5 Å². The second kappa shape index (κ2) is 7.14. The Balaban J connectivity index is 2.24. The molecule has 2 aromatic rings. The van der Waals surface area contributed by atoms with Gasteiger partial charge in [0.05, 0.1) is 0 Å². The Morgan fingerprint density at radius 3 is 2.48 bits per heavy atom. The van der Waals surface area contributed by atoms with Crippen LogP contribution in [0.1, 0.15) is 27.9 Å². The summed E-state index contributed by atoms with van der Waals surface area (Å²) in [6.45, 7) is 0.912. The van der Waals surface area contributed by atoms with Gasteiger partial charge in [0.15, 0.2) is 5.78 Å². The van der Waals surface area contributed by atoms with Crippen LogP contribution in [0, 0.1) is 5.82 Å². The number of hydrogen-bond donors (Lipinski definition) is 0. The zero-order valence-corrected chi connectivity index (χ0v) is 12.5. The number of nitrogens with zero attached hydrogens (tertiary/aromatic N) is 1. The molecule has 0 saturated heterocycles. The van der Waals surface area contributed by atoms with Crippen LogP contribution >= 0.6 is 0 Å². The van der Waals surface area contributed by atoms with Crippen LogP contribution in [0.15, 0.2) is 48.5 Å². The summed E-state index contributed by atoms with van der Waals surface area (Å²) in [7, 11) is 4.00. The lowest BCUT2D eigenvalue weighted by Gasteiger charge is -2.12. The van der Waals surface area contributed by atoms with Gasteiger partial charge in [-0.2, -0.15) is 0 Å². The van der Waals surface area contributed by atoms with Crippen molar-refractivity contribution in [2.75, 3.05) is 20.6 Å². The molecule has 0 bridgehead atoms. The number of rotatable bonds is 6. The van der Waals surface area contributed by atoms with Crippen molar-refractivity contribution in [2.24, 2.45) is 0 Å². The maximum Gasteiger partial charge on any atom is 0.193 e. The fourth-order valence-electron chi connectivity index (χ4n) is 2.32. The number of hydrogen-bond acceptors (Lipinski definition) is 2. The average molecular weight is 285 g/mol. The highest BCUT2D eigenvalue weighted by Gasteiger charge is 2.14. The van der Waals surface area contributed by atoms with Gasteiger partial charge in [-0.15, -0.1) is 0 Å². The van der Waals surface area contributed by atoms with Crippen molar-refractivity contribution in [1.29, 1.82) is 0 Å². The molecule has 0 saturated carbocycles. The van der Waals surface area contributed by atoms with Gasteiger partial charge in [0.25, 0.3) is 0 Å². The smallest absolute Gasteiger partial charge is 0.193 e. The van der Waals surface area contributed by atoms with E-state index in [1.54, 1.807) is 18.2 Å². The van der Waals surface area contributed by atoms with E-state index in [4.69, 9.17) is 0 Å². The van der Waals surface area contributed by atoms with Crippen LogP contribution in [0.3, 0.4) is 0 Å². The summed E-state index contributed by atoms with van der Waals surface area (Å²) in [6, 6.07) is 13.5. The summed E-state index contributed by atoms with van der Waals surface area (Å²) < 4.78 is 13.5.